The molecular weight excluding hydrogens is 289 g/mol. The van der Waals surface area contributed by atoms with Gasteiger partial charge in [0.1, 0.15) is 17.5 Å². The molecule has 1 N–H and O–H groups in total. The molecule has 0 aliphatic carbocycles. The summed E-state index contributed by atoms with van der Waals surface area (Å²) in [6.45, 7) is 6.87. The number of benzene rings is 1. The predicted molar refractivity (Wildman–Crippen MR) is 84.5 cm³/mol. The Labute approximate surface area is 129 Å². The van der Waals surface area contributed by atoms with E-state index in [1.807, 2.05) is 13.8 Å². The van der Waals surface area contributed by atoms with Crippen molar-refractivity contribution in [3.8, 4) is 0 Å². The largest absolute Gasteiger partial charge is 0.370 e. The number of aromatic nitrogens is 2. The lowest BCUT2D eigenvalue weighted by molar-refractivity contribution is 0.612. The van der Waals surface area contributed by atoms with Crippen molar-refractivity contribution in [3.05, 3.63) is 51.7 Å². The zero-order chi connectivity index (χ0) is 15.4. The summed E-state index contributed by atoms with van der Waals surface area (Å²) in [5, 5.41) is 3.41. The second-order valence-corrected chi connectivity index (χ2v) is 5.42. The third-order valence-corrected chi connectivity index (χ3v) is 3.65. The van der Waals surface area contributed by atoms with E-state index in [-0.39, 0.29) is 5.02 Å². The highest BCUT2D eigenvalue weighted by Crippen LogP contribution is 2.21. The van der Waals surface area contributed by atoms with Crippen LogP contribution in [0.2, 0.25) is 5.02 Å². The van der Waals surface area contributed by atoms with Crippen LogP contribution in [0.15, 0.2) is 18.2 Å². The highest BCUT2D eigenvalue weighted by atomic mass is 35.5. The van der Waals surface area contributed by atoms with Crippen LogP contribution < -0.4 is 5.32 Å². The van der Waals surface area contributed by atoms with Gasteiger partial charge in [-0.3, -0.25) is 0 Å². The van der Waals surface area contributed by atoms with Crippen molar-refractivity contribution in [3.63, 3.8) is 0 Å². The van der Waals surface area contributed by atoms with Gasteiger partial charge in [0, 0.05) is 24.2 Å². The van der Waals surface area contributed by atoms with Gasteiger partial charge in [-0.05, 0) is 31.9 Å². The molecule has 0 aliphatic heterocycles. The Morgan fingerprint density at radius 2 is 2.00 bits per heavy atom. The SMILES string of the molecule is CCCNc1nc(Cc2cccc(Cl)c2F)nc(C)c1C. The molecule has 21 heavy (non-hydrogen) atoms. The number of nitrogens with zero attached hydrogens (tertiary/aromatic N) is 2. The maximum atomic E-state index is 14.0. The van der Waals surface area contributed by atoms with Crippen LogP contribution in [0.3, 0.4) is 0 Å². The first-order chi connectivity index (χ1) is 10.0. The summed E-state index contributed by atoms with van der Waals surface area (Å²) in [7, 11) is 0. The molecule has 5 heteroatoms. The van der Waals surface area contributed by atoms with Gasteiger partial charge in [-0.1, -0.05) is 30.7 Å². The number of anilines is 1. The minimum Gasteiger partial charge on any atom is -0.370 e. The van der Waals surface area contributed by atoms with Crippen molar-refractivity contribution in [1.29, 1.82) is 0 Å². The van der Waals surface area contributed by atoms with E-state index in [0.717, 1.165) is 30.0 Å². The molecule has 0 aliphatic rings. The van der Waals surface area contributed by atoms with Gasteiger partial charge in [-0.25, -0.2) is 14.4 Å². The monoisotopic (exact) mass is 307 g/mol. The highest BCUT2D eigenvalue weighted by Gasteiger charge is 2.12. The molecule has 112 valence electrons. The lowest BCUT2D eigenvalue weighted by atomic mass is 10.1. The topological polar surface area (TPSA) is 37.8 Å². The van der Waals surface area contributed by atoms with E-state index in [1.165, 1.54) is 6.07 Å². The third kappa shape index (κ3) is 3.70. The third-order valence-electron chi connectivity index (χ3n) is 3.36. The van der Waals surface area contributed by atoms with Gasteiger partial charge in [0.05, 0.1) is 5.02 Å². The van der Waals surface area contributed by atoms with Crippen LogP contribution in [0.1, 0.15) is 36.0 Å². The first-order valence-corrected chi connectivity index (χ1v) is 7.41. The van der Waals surface area contributed by atoms with Crippen molar-refractivity contribution in [1.82, 2.24) is 9.97 Å². The minimum absolute atomic E-state index is 0.126. The van der Waals surface area contributed by atoms with Gasteiger partial charge in [-0.2, -0.15) is 0 Å². The summed E-state index contributed by atoms with van der Waals surface area (Å²) in [4.78, 5) is 8.95. The van der Waals surface area contributed by atoms with E-state index in [0.29, 0.717) is 17.8 Å². The van der Waals surface area contributed by atoms with Crippen molar-refractivity contribution < 1.29 is 4.39 Å². The standard InChI is InChI=1S/C16H19ClFN3/c1-4-8-19-16-10(2)11(3)20-14(21-16)9-12-6-5-7-13(17)15(12)18/h5-7H,4,8-9H2,1-3H3,(H,19,20,21). The van der Waals surface area contributed by atoms with Crippen LogP contribution in [-0.4, -0.2) is 16.5 Å². The van der Waals surface area contributed by atoms with Crippen LogP contribution >= 0.6 is 11.6 Å². The number of rotatable bonds is 5. The number of nitrogens with one attached hydrogen (secondary N) is 1. The molecule has 0 unspecified atom stereocenters. The Bertz CT molecular complexity index is 644. The van der Waals surface area contributed by atoms with E-state index in [1.54, 1.807) is 12.1 Å². The molecule has 1 aromatic heterocycles. The number of hydrogen-bond acceptors (Lipinski definition) is 3. The van der Waals surface area contributed by atoms with Gasteiger partial charge < -0.3 is 5.32 Å². The fourth-order valence-electron chi connectivity index (χ4n) is 2.04. The summed E-state index contributed by atoms with van der Waals surface area (Å²) < 4.78 is 14.0. The minimum atomic E-state index is -0.399. The predicted octanol–water partition coefficient (Wildman–Crippen LogP) is 4.30. The quantitative estimate of drug-likeness (QED) is 0.895. The molecule has 0 fully saturated rings. The van der Waals surface area contributed by atoms with Gasteiger partial charge in [0.25, 0.3) is 0 Å². The molecule has 0 radical (unpaired) electrons. The van der Waals surface area contributed by atoms with E-state index in [4.69, 9.17) is 11.6 Å². The number of aryl methyl sites for hydroxylation is 1. The average molecular weight is 308 g/mol. The van der Waals surface area contributed by atoms with Crippen LogP contribution in [0, 0.1) is 19.7 Å². The van der Waals surface area contributed by atoms with Crippen LogP contribution in [0.25, 0.3) is 0 Å². The zero-order valence-corrected chi connectivity index (χ0v) is 13.3. The molecule has 1 heterocycles. The normalized spacial score (nSPS) is 10.7. The number of halogens is 2. The van der Waals surface area contributed by atoms with E-state index < -0.39 is 5.82 Å². The Morgan fingerprint density at radius 3 is 2.71 bits per heavy atom. The van der Waals surface area contributed by atoms with Crippen molar-refractivity contribution in [2.45, 2.75) is 33.6 Å². The summed E-state index contributed by atoms with van der Waals surface area (Å²) in [6.07, 6.45) is 1.34. The summed E-state index contributed by atoms with van der Waals surface area (Å²) >= 11 is 5.81. The first kappa shape index (κ1) is 15.7. The molecule has 0 amide bonds. The molecule has 0 bridgehead atoms. The lowest BCUT2D eigenvalue weighted by Crippen LogP contribution is -2.10. The van der Waals surface area contributed by atoms with Crippen LogP contribution in [0.5, 0.6) is 0 Å². The summed E-state index contributed by atoms with van der Waals surface area (Å²) in [5.41, 5.74) is 2.44. The Kier molecular flexibility index (Phi) is 5.12. The summed E-state index contributed by atoms with van der Waals surface area (Å²) in [6, 6.07) is 4.98. The van der Waals surface area contributed by atoms with Gasteiger partial charge in [0.2, 0.25) is 0 Å². The van der Waals surface area contributed by atoms with Crippen molar-refractivity contribution in [2.24, 2.45) is 0 Å². The molecule has 2 rings (SSSR count). The molecule has 0 atom stereocenters. The van der Waals surface area contributed by atoms with Gasteiger partial charge in [-0.15, -0.1) is 0 Å². The molecule has 1 aromatic carbocycles. The van der Waals surface area contributed by atoms with Gasteiger partial charge in [0.15, 0.2) is 0 Å². The Morgan fingerprint density at radius 1 is 1.24 bits per heavy atom. The molecule has 2 aromatic rings. The lowest BCUT2D eigenvalue weighted by Gasteiger charge is -2.12. The van der Waals surface area contributed by atoms with E-state index >= 15 is 0 Å². The van der Waals surface area contributed by atoms with Crippen molar-refractivity contribution >= 4 is 17.4 Å². The van der Waals surface area contributed by atoms with Crippen molar-refractivity contribution in [2.75, 3.05) is 11.9 Å². The highest BCUT2D eigenvalue weighted by molar-refractivity contribution is 6.30. The van der Waals surface area contributed by atoms with Crippen LogP contribution in [-0.2, 0) is 6.42 Å². The molecule has 0 spiro atoms. The van der Waals surface area contributed by atoms with Crippen LogP contribution in [0.4, 0.5) is 10.2 Å². The molecule has 0 saturated heterocycles. The van der Waals surface area contributed by atoms with Gasteiger partial charge >= 0.3 is 0 Å². The molecule has 0 saturated carbocycles. The number of hydrogen-bond donors (Lipinski definition) is 1. The fourth-order valence-corrected chi connectivity index (χ4v) is 2.23. The summed E-state index contributed by atoms with van der Waals surface area (Å²) in [5.74, 6) is 1.02. The first-order valence-electron chi connectivity index (χ1n) is 7.03. The van der Waals surface area contributed by atoms with E-state index in [9.17, 15) is 4.39 Å². The Hall–Kier alpha value is -1.68. The zero-order valence-electron chi connectivity index (χ0n) is 12.5. The average Bonchev–Trinajstić information content (AvgIpc) is 2.46. The second kappa shape index (κ2) is 6.85. The second-order valence-electron chi connectivity index (χ2n) is 5.02. The maximum absolute atomic E-state index is 14.0. The maximum Gasteiger partial charge on any atom is 0.145 e. The van der Waals surface area contributed by atoms with E-state index in [2.05, 4.69) is 22.2 Å². The molecular formula is C16H19ClFN3. The molecule has 3 nitrogen and oxygen atoms in total. The Balaban J connectivity index is 2.31. The fraction of sp³-hybridized carbons (Fsp3) is 0.375. The smallest absolute Gasteiger partial charge is 0.145 e.